The quantitative estimate of drug-likeness (QED) is 0.792. The van der Waals surface area contributed by atoms with Crippen LogP contribution in [0.4, 0.5) is 11.4 Å². The number of fused-ring (bicyclic) bond motifs is 2. The Bertz CT molecular complexity index is 787. The van der Waals surface area contributed by atoms with E-state index in [1.807, 2.05) is 62.4 Å². The van der Waals surface area contributed by atoms with Crippen molar-refractivity contribution in [3.8, 4) is 0 Å². The van der Waals surface area contributed by atoms with E-state index in [2.05, 4.69) is 0 Å². The summed E-state index contributed by atoms with van der Waals surface area (Å²) in [6, 6.07) is 15.9. The van der Waals surface area contributed by atoms with Crippen LogP contribution < -0.4 is 9.80 Å². The molecule has 25 heavy (non-hydrogen) atoms. The van der Waals surface area contributed by atoms with Crippen molar-refractivity contribution in [2.75, 3.05) is 22.9 Å². The van der Waals surface area contributed by atoms with Gasteiger partial charge < -0.3 is 9.80 Å². The van der Waals surface area contributed by atoms with Crippen LogP contribution in [0.1, 0.15) is 25.0 Å². The Labute approximate surface area is 148 Å². The topological polar surface area (TPSA) is 40.6 Å². The lowest BCUT2D eigenvalue weighted by Gasteiger charge is -2.46. The maximum atomic E-state index is 13.5. The minimum atomic E-state index is -1.02. The van der Waals surface area contributed by atoms with Gasteiger partial charge in [-0.1, -0.05) is 36.4 Å². The second kappa shape index (κ2) is 5.73. The highest BCUT2D eigenvalue weighted by atomic mass is 16.2. The van der Waals surface area contributed by atoms with E-state index in [1.165, 1.54) is 0 Å². The average Bonchev–Trinajstić information content (AvgIpc) is 2.64. The van der Waals surface area contributed by atoms with Crippen molar-refractivity contribution in [1.82, 2.24) is 0 Å². The van der Waals surface area contributed by atoms with Crippen LogP contribution in [0.15, 0.2) is 48.5 Å². The maximum absolute atomic E-state index is 13.5. The number of para-hydroxylation sites is 2. The van der Waals surface area contributed by atoms with Gasteiger partial charge in [0.25, 0.3) is 0 Å². The molecule has 0 fully saturated rings. The van der Waals surface area contributed by atoms with Crippen molar-refractivity contribution < 1.29 is 9.59 Å². The van der Waals surface area contributed by atoms with E-state index >= 15 is 0 Å². The normalized spacial score (nSPS) is 18.3. The number of nitrogens with zero attached hydrogens (tertiary/aromatic N) is 2. The Hall–Kier alpha value is -2.62. The van der Waals surface area contributed by atoms with Gasteiger partial charge in [-0.3, -0.25) is 9.59 Å². The highest BCUT2D eigenvalue weighted by molar-refractivity contribution is 6.19. The third kappa shape index (κ3) is 2.13. The van der Waals surface area contributed by atoms with Gasteiger partial charge >= 0.3 is 0 Å². The molecule has 0 radical (unpaired) electrons. The van der Waals surface area contributed by atoms with Gasteiger partial charge in [-0.25, -0.2) is 0 Å². The van der Waals surface area contributed by atoms with Crippen LogP contribution in [-0.4, -0.2) is 24.9 Å². The number of amides is 2. The van der Waals surface area contributed by atoms with Crippen LogP contribution in [0, 0.1) is 5.41 Å². The van der Waals surface area contributed by atoms with Crippen molar-refractivity contribution in [3.63, 3.8) is 0 Å². The van der Waals surface area contributed by atoms with Gasteiger partial charge in [-0.2, -0.15) is 0 Å². The Morgan fingerprint density at radius 2 is 1.16 bits per heavy atom. The zero-order chi connectivity index (χ0) is 17.6. The fraction of sp³-hybridized carbons (Fsp3) is 0.333. The standard InChI is InChI=1S/C21H22N2O2/c1-3-22-17-11-7-5-9-15(17)13-21(19(22)24)14-16-10-6-8-12-18(16)23(4-2)20(21)25/h5-12H,3-4,13-14H2,1-2H3. The number of benzene rings is 2. The summed E-state index contributed by atoms with van der Waals surface area (Å²) in [6.45, 7) is 5.07. The highest BCUT2D eigenvalue weighted by Gasteiger charge is 2.55. The van der Waals surface area contributed by atoms with Gasteiger partial charge in [0.15, 0.2) is 0 Å². The first-order valence-corrected chi connectivity index (χ1v) is 8.92. The third-order valence-electron chi connectivity index (χ3n) is 5.49. The number of rotatable bonds is 2. The smallest absolute Gasteiger partial charge is 0.243 e. The second-order valence-corrected chi connectivity index (χ2v) is 6.79. The summed E-state index contributed by atoms with van der Waals surface area (Å²) >= 11 is 0. The molecule has 4 rings (SSSR count). The molecular weight excluding hydrogens is 312 g/mol. The minimum Gasteiger partial charge on any atom is -0.311 e. The molecule has 0 aromatic heterocycles. The van der Waals surface area contributed by atoms with Gasteiger partial charge in [0.1, 0.15) is 5.41 Å². The predicted molar refractivity (Wildman–Crippen MR) is 98.8 cm³/mol. The average molecular weight is 334 g/mol. The molecule has 1 spiro atoms. The molecule has 4 heteroatoms. The summed E-state index contributed by atoms with van der Waals surface area (Å²) in [6.07, 6.45) is 0.949. The first kappa shape index (κ1) is 15.9. The Kier molecular flexibility index (Phi) is 3.64. The fourth-order valence-corrected chi connectivity index (χ4v) is 4.32. The summed E-state index contributed by atoms with van der Waals surface area (Å²) < 4.78 is 0. The van der Waals surface area contributed by atoms with Crippen molar-refractivity contribution in [3.05, 3.63) is 59.7 Å². The number of hydrogen-bond acceptors (Lipinski definition) is 2. The molecule has 2 aliphatic heterocycles. The van der Waals surface area contributed by atoms with E-state index in [-0.39, 0.29) is 11.8 Å². The van der Waals surface area contributed by atoms with Crippen LogP contribution in [0.2, 0.25) is 0 Å². The van der Waals surface area contributed by atoms with Crippen molar-refractivity contribution in [2.45, 2.75) is 26.7 Å². The minimum absolute atomic E-state index is 0.0633. The molecular formula is C21H22N2O2. The number of carbonyl (C=O) groups excluding carboxylic acids is 2. The fourth-order valence-electron chi connectivity index (χ4n) is 4.32. The maximum Gasteiger partial charge on any atom is 0.243 e. The molecule has 0 bridgehead atoms. The largest absolute Gasteiger partial charge is 0.311 e. The highest BCUT2D eigenvalue weighted by Crippen LogP contribution is 2.45. The van der Waals surface area contributed by atoms with E-state index in [0.29, 0.717) is 25.9 Å². The van der Waals surface area contributed by atoms with E-state index < -0.39 is 5.41 Å². The van der Waals surface area contributed by atoms with E-state index in [1.54, 1.807) is 9.80 Å². The number of hydrogen-bond donors (Lipinski definition) is 0. The Morgan fingerprint density at radius 1 is 0.760 bits per heavy atom. The van der Waals surface area contributed by atoms with Crippen LogP contribution >= 0.6 is 0 Å². The van der Waals surface area contributed by atoms with Gasteiger partial charge in [-0.15, -0.1) is 0 Å². The monoisotopic (exact) mass is 334 g/mol. The lowest BCUT2D eigenvalue weighted by molar-refractivity contribution is -0.141. The first-order valence-electron chi connectivity index (χ1n) is 8.92. The molecule has 0 saturated carbocycles. The van der Waals surface area contributed by atoms with Crippen LogP contribution in [0.3, 0.4) is 0 Å². The summed E-state index contributed by atoms with van der Waals surface area (Å²) in [4.78, 5) is 30.5. The summed E-state index contributed by atoms with van der Waals surface area (Å²) in [5.74, 6) is -0.127. The Morgan fingerprint density at radius 3 is 1.56 bits per heavy atom. The molecule has 2 aliphatic rings. The SMILES string of the molecule is CCN1C(=O)C2(Cc3ccccc31)Cc1ccccc1N(CC)C2=O. The molecule has 0 unspecified atom stereocenters. The third-order valence-corrected chi connectivity index (χ3v) is 5.49. The van der Waals surface area contributed by atoms with E-state index in [9.17, 15) is 9.59 Å². The molecule has 0 aliphatic carbocycles. The van der Waals surface area contributed by atoms with Crippen LogP contribution in [0.5, 0.6) is 0 Å². The van der Waals surface area contributed by atoms with Gasteiger partial charge in [0.2, 0.25) is 11.8 Å². The first-order chi connectivity index (χ1) is 12.1. The summed E-state index contributed by atoms with van der Waals surface area (Å²) in [5, 5.41) is 0. The number of carbonyl (C=O) groups is 2. The van der Waals surface area contributed by atoms with Crippen molar-refractivity contribution in [1.29, 1.82) is 0 Å². The molecule has 0 atom stereocenters. The van der Waals surface area contributed by atoms with Crippen LogP contribution in [-0.2, 0) is 22.4 Å². The van der Waals surface area contributed by atoms with E-state index in [4.69, 9.17) is 0 Å². The van der Waals surface area contributed by atoms with Gasteiger partial charge in [0, 0.05) is 24.5 Å². The van der Waals surface area contributed by atoms with Crippen molar-refractivity contribution in [2.24, 2.45) is 5.41 Å². The number of anilines is 2. The second-order valence-electron chi connectivity index (χ2n) is 6.79. The molecule has 2 aromatic carbocycles. The zero-order valence-electron chi connectivity index (χ0n) is 14.7. The zero-order valence-corrected chi connectivity index (χ0v) is 14.7. The molecule has 0 saturated heterocycles. The van der Waals surface area contributed by atoms with Crippen molar-refractivity contribution >= 4 is 23.2 Å². The Balaban J connectivity index is 1.90. The van der Waals surface area contributed by atoms with E-state index in [0.717, 1.165) is 22.5 Å². The summed E-state index contributed by atoms with van der Waals surface area (Å²) in [5.41, 5.74) is 3.01. The molecule has 2 aromatic rings. The lowest BCUT2D eigenvalue weighted by Crippen LogP contribution is -2.60. The van der Waals surface area contributed by atoms with Gasteiger partial charge in [-0.05, 0) is 49.9 Å². The molecule has 4 nitrogen and oxygen atoms in total. The van der Waals surface area contributed by atoms with Gasteiger partial charge in [0.05, 0.1) is 0 Å². The molecule has 128 valence electrons. The lowest BCUT2D eigenvalue weighted by atomic mass is 9.69. The van der Waals surface area contributed by atoms with Crippen LogP contribution in [0.25, 0.3) is 0 Å². The predicted octanol–water partition coefficient (Wildman–Crippen LogP) is 3.19. The molecule has 2 amide bonds. The molecule has 0 N–H and O–H groups in total. The summed E-state index contributed by atoms with van der Waals surface area (Å²) in [7, 11) is 0. The molecule has 2 heterocycles.